The van der Waals surface area contributed by atoms with Crippen LogP contribution in [0.15, 0.2) is 48.5 Å². The molecular weight excluding hydrogens is 332 g/mol. The van der Waals surface area contributed by atoms with E-state index >= 15 is 0 Å². The third-order valence-corrected chi connectivity index (χ3v) is 3.58. The van der Waals surface area contributed by atoms with E-state index in [9.17, 15) is 4.79 Å². The molecule has 0 aliphatic carbocycles. The maximum Gasteiger partial charge on any atom is 0.195 e. The van der Waals surface area contributed by atoms with Crippen molar-refractivity contribution in [2.75, 3.05) is 25.6 Å². The number of nitrogens with one attached hydrogen (secondary N) is 2. The lowest BCUT2D eigenvalue weighted by Gasteiger charge is -2.14. The molecule has 0 amide bonds. The highest BCUT2D eigenvalue weighted by atomic mass is 35.5. The molecule has 0 spiro atoms. The summed E-state index contributed by atoms with van der Waals surface area (Å²) in [4.78, 5) is 12.7. The van der Waals surface area contributed by atoms with Gasteiger partial charge in [-0.1, -0.05) is 41.9 Å². The van der Waals surface area contributed by atoms with Crippen LogP contribution in [-0.4, -0.2) is 31.2 Å². The van der Waals surface area contributed by atoms with E-state index in [1.807, 2.05) is 18.2 Å². The molecule has 0 heterocycles. The maximum absolute atomic E-state index is 12.7. The molecule has 0 atom stereocenters. The number of hydrogen-bond acceptors (Lipinski definition) is 3. The Morgan fingerprint density at radius 1 is 1.22 bits per heavy atom. The first kappa shape index (κ1) is 17.4. The smallest absolute Gasteiger partial charge is 0.195 e. The van der Waals surface area contributed by atoms with Crippen LogP contribution < -0.4 is 10.6 Å². The minimum Gasteiger partial charge on any atom is -0.383 e. The van der Waals surface area contributed by atoms with Gasteiger partial charge in [-0.2, -0.15) is 0 Å². The highest BCUT2D eigenvalue weighted by molar-refractivity contribution is 7.80. The van der Waals surface area contributed by atoms with E-state index < -0.39 is 0 Å². The molecule has 0 saturated heterocycles. The normalized spacial score (nSPS) is 10.2. The van der Waals surface area contributed by atoms with Gasteiger partial charge >= 0.3 is 0 Å². The van der Waals surface area contributed by atoms with Gasteiger partial charge in [0.15, 0.2) is 10.9 Å². The monoisotopic (exact) mass is 348 g/mol. The van der Waals surface area contributed by atoms with Crippen LogP contribution in [0.3, 0.4) is 0 Å². The van der Waals surface area contributed by atoms with Crippen LogP contribution in [0.1, 0.15) is 15.9 Å². The van der Waals surface area contributed by atoms with Gasteiger partial charge in [-0.05, 0) is 30.4 Å². The number of ether oxygens (including phenoxy) is 1. The number of methoxy groups -OCH3 is 1. The third kappa shape index (κ3) is 5.03. The highest BCUT2D eigenvalue weighted by Crippen LogP contribution is 2.23. The number of anilines is 1. The fourth-order valence-corrected chi connectivity index (χ4v) is 2.38. The summed E-state index contributed by atoms with van der Waals surface area (Å²) >= 11 is 11.3. The Morgan fingerprint density at radius 2 is 1.96 bits per heavy atom. The lowest BCUT2D eigenvalue weighted by Crippen LogP contribution is -2.31. The zero-order valence-electron chi connectivity index (χ0n) is 12.6. The Labute approximate surface area is 145 Å². The number of rotatable bonds is 6. The Kier molecular flexibility index (Phi) is 6.52. The van der Waals surface area contributed by atoms with Gasteiger partial charge in [0.1, 0.15) is 0 Å². The van der Waals surface area contributed by atoms with Gasteiger partial charge in [0, 0.05) is 29.8 Å². The second-order valence-corrected chi connectivity index (χ2v) is 5.60. The molecule has 120 valence electrons. The number of carbonyl (C=O) groups is 1. The van der Waals surface area contributed by atoms with Gasteiger partial charge in [0.2, 0.25) is 0 Å². The van der Waals surface area contributed by atoms with Gasteiger partial charge < -0.3 is 15.4 Å². The molecule has 0 saturated carbocycles. The van der Waals surface area contributed by atoms with Gasteiger partial charge in [-0.25, -0.2) is 0 Å². The standard InChI is InChI=1S/C17H17ClN2O2S/c1-22-10-9-19-17(23)20-15-8-7-13(18)11-14(15)16(21)12-5-3-2-4-6-12/h2-8,11H,9-10H2,1H3,(H2,19,20,23). The molecule has 0 aromatic heterocycles. The van der Waals surface area contributed by atoms with Gasteiger partial charge in [0.25, 0.3) is 0 Å². The van der Waals surface area contributed by atoms with Crippen molar-refractivity contribution < 1.29 is 9.53 Å². The summed E-state index contributed by atoms with van der Waals surface area (Å²) in [5, 5.41) is 6.95. The van der Waals surface area contributed by atoms with Gasteiger partial charge in [0.05, 0.1) is 12.3 Å². The van der Waals surface area contributed by atoms with Crippen molar-refractivity contribution in [3.63, 3.8) is 0 Å². The summed E-state index contributed by atoms with van der Waals surface area (Å²) in [6.45, 7) is 1.12. The first-order valence-electron chi connectivity index (χ1n) is 7.05. The molecule has 0 bridgehead atoms. The molecule has 0 aliphatic rings. The number of carbonyl (C=O) groups excluding carboxylic acids is 1. The lowest BCUT2D eigenvalue weighted by atomic mass is 10.0. The van der Waals surface area contributed by atoms with Crippen molar-refractivity contribution >= 4 is 40.4 Å². The molecule has 4 nitrogen and oxygen atoms in total. The number of hydrogen-bond donors (Lipinski definition) is 2. The summed E-state index contributed by atoms with van der Waals surface area (Å²) in [7, 11) is 1.62. The van der Waals surface area contributed by atoms with E-state index in [1.54, 1.807) is 37.4 Å². The molecule has 2 aromatic rings. The number of thiocarbonyl (C=S) groups is 1. The largest absolute Gasteiger partial charge is 0.383 e. The van der Waals surface area contributed by atoms with E-state index in [2.05, 4.69) is 10.6 Å². The molecule has 2 aromatic carbocycles. The van der Waals surface area contributed by atoms with Crippen LogP contribution in [0.4, 0.5) is 5.69 Å². The summed E-state index contributed by atoms with van der Waals surface area (Å²) in [5.41, 5.74) is 1.67. The predicted octanol–water partition coefficient (Wildman–Crippen LogP) is 3.50. The van der Waals surface area contributed by atoms with Crippen molar-refractivity contribution in [2.45, 2.75) is 0 Å². The minimum atomic E-state index is -0.115. The Bertz CT molecular complexity index is 692. The molecule has 23 heavy (non-hydrogen) atoms. The molecule has 0 radical (unpaired) electrons. The third-order valence-electron chi connectivity index (χ3n) is 3.10. The van der Waals surface area contributed by atoms with Gasteiger partial charge in [-0.3, -0.25) is 4.79 Å². The fourth-order valence-electron chi connectivity index (χ4n) is 1.99. The average Bonchev–Trinajstić information content (AvgIpc) is 2.57. The van der Waals surface area contributed by atoms with Crippen LogP contribution >= 0.6 is 23.8 Å². The minimum absolute atomic E-state index is 0.115. The van der Waals surface area contributed by atoms with E-state index in [-0.39, 0.29) is 5.78 Å². The van der Waals surface area contributed by atoms with E-state index in [0.717, 1.165) is 0 Å². The average molecular weight is 349 g/mol. The quantitative estimate of drug-likeness (QED) is 0.475. The maximum atomic E-state index is 12.7. The second-order valence-electron chi connectivity index (χ2n) is 4.76. The molecular formula is C17H17ClN2O2S. The number of halogens is 1. The van der Waals surface area contributed by atoms with E-state index in [0.29, 0.717) is 40.1 Å². The van der Waals surface area contributed by atoms with Crippen molar-refractivity contribution in [3.05, 3.63) is 64.7 Å². The van der Waals surface area contributed by atoms with Crippen LogP contribution in [0.2, 0.25) is 5.02 Å². The van der Waals surface area contributed by atoms with Crippen LogP contribution in [-0.2, 0) is 4.74 Å². The number of ketones is 1. The molecule has 0 unspecified atom stereocenters. The van der Waals surface area contributed by atoms with Crippen LogP contribution in [0.25, 0.3) is 0 Å². The van der Waals surface area contributed by atoms with Crippen molar-refractivity contribution in [3.8, 4) is 0 Å². The zero-order valence-corrected chi connectivity index (χ0v) is 14.2. The Morgan fingerprint density at radius 3 is 2.65 bits per heavy atom. The number of benzene rings is 2. The first-order chi connectivity index (χ1) is 11.1. The van der Waals surface area contributed by atoms with Crippen molar-refractivity contribution in [2.24, 2.45) is 0 Å². The Hall–Kier alpha value is -1.95. The van der Waals surface area contributed by atoms with Crippen molar-refractivity contribution in [1.29, 1.82) is 0 Å². The topological polar surface area (TPSA) is 50.4 Å². The molecule has 0 aliphatic heterocycles. The molecule has 0 fully saturated rings. The molecule has 6 heteroatoms. The van der Waals surface area contributed by atoms with E-state index in [4.69, 9.17) is 28.6 Å². The fraction of sp³-hybridized carbons (Fsp3) is 0.176. The summed E-state index contributed by atoms with van der Waals surface area (Å²) < 4.78 is 4.96. The van der Waals surface area contributed by atoms with Crippen LogP contribution in [0.5, 0.6) is 0 Å². The zero-order chi connectivity index (χ0) is 16.7. The first-order valence-corrected chi connectivity index (χ1v) is 7.83. The van der Waals surface area contributed by atoms with Crippen molar-refractivity contribution in [1.82, 2.24) is 5.32 Å². The molecule has 2 rings (SSSR count). The van der Waals surface area contributed by atoms with Crippen LogP contribution in [0, 0.1) is 0 Å². The SMILES string of the molecule is COCCNC(=S)Nc1ccc(Cl)cc1C(=O)c1ccccc1. The summed E-state index contributed by atoms with van der Waals surface area (Å²) in [6, 6.07) is 14.1. The summed E-state index contributed by atoms with van der Waals surface area (Å²) in [5.74, 6) is -0.115. The molecule has 2 N–H and O–H groups in total. The summed E-state index contributed by atoms with van der Waals surface area (Å²) in [6.07, 6.45) is 0. The van der Waals surface area contributed by atoms with Gasteiger partial charge in [-0.15, -0.1) is 0 Å². The lowest BCUT2D eigenvalue weighted by molar-refractivity contribution is 0.103. The highest BCUT2D eigenvalue weighted by Gasteiger charge is 2.15. The van der Waals surface area contributed by atoms with E-state index in [1.165, 1.54) is 0 Å². The predicted molar refractivity (Wildman–Crippen MR) is 97.4 cm³/mol. The second kappa shape index (κ2) is 8.62. The Balaban J connectivity index is 2.21.